The summed E-state index contributed by atoms with van der Waals surface area (Å²) in [6.07, 6.45) is 2.53. The fourth-order valence-corrected chi connectivity index (χ4v) is 3.49. The van der Waals surface area contributed by atoms with Crippen LogP contribution in [0.2, 0.25) is 4.34 Å². The van der Waals surface area contributed by atoms with Gasteiger partial charge in [-0.2, -0.15) is 0 Å². The lowest BCUT2D eigenvalue weighted by Gasteiger charge is -2.17. The maximum Gasteiger partial charge on any atom is 0.254 e. The van der Waals surface area contributed by atoms with Crippen LogP contribution in [0.4, 0.5) is 5.82 Å². The van der Waals surface area contributed by atoms with Gasteiger partial charge in [0.25, 0.3) is 5.91 Å². The summed E-state index contributed by atoms with van der Waals surface area (Å²) in [6.45, 7) is 1.41. The molecule has 1 N–H and O–H groups in total. The lowest BCUT2D eigenvalue weighted by Crippen LogP contribution is -2.26. The van der Waals surface area contributed by atoms with Crippen LogP contribution in [0.3, 0.4) is 0 Å². The van der Waals surface area contributed by atoms with Gasteiger partial charge in [0, 0.05) is 35.8 Å². The Labute approximate surface area is 126 Å². The second kappa shape index (κ2) is 5.42. The van der Waals surface area contributed by atoms with E-state index < -0.39 is 0 Å². The lowest BCUT2D eigenvalue weighted by molar-refractivity contribution is 0.0785. The highest BCUT2D eigenvalue weighted by Crippen LogP contribution is 2.26. The molecule has 0 bridgehead atoms. The molecule has 1 amide bonds. The predicted octanol–water partition coefficient (Wildman–Crippen LogP) is 3.04. The average molecular weight is 308 g/mol. The highest BCUT2D eigenvalue weighted by Gasteiger charge is 2.22. The zero-order valence-corrected chi connectivity index (χ0v) is 12.6. The smallest absolute Gasteiger partial charge is 0.254 e. The molecule has 3 rings (SSSR count). The van der Waals surface area contributed by atoms with E-state index in [4.69, 9.17) is 11.6 Å². The minimum absolute atomic E-state index is 0.0249. The SMILES string of the molecule is CN(Cc1ccc(Cl)s1)C(=O)c1ccnc2c1CCN2. The Morgan fingerprint density at radius 1 is 1.50 bits per heavy atom. The Morgan fingerprint density at radius 2 is 2.35 bits per heavy atom. The van der Waals surface area contributed by atoms with Crippen LogP contribution in [0.5, 0.6) is 0 Å². The molecule has 0 saturated heterocycles. The Hall–Kier alpha value is -1.59. The molecule has 0 fully saturated rings. The summed E-state index contributed by atoms with van der Waals surface area (Å²) < 4.78 is 0.745. The van der Waals surface area contributed by atoms with Crippen LogP contribution in [0.15, 0.2) is 24.4 Å². The molecule has 1 aliphatic heterocycles. The van der Waals surface area contributed by atoms with Gasteiger partial charge in [0.05, 0.1) is 10.9 Å². The second-order valence-electron chi connectivity index (χ2n) is 4.73. The van der Waals surface area contributed by atoms with Gasteiger partial charge in [-0.1, -0.05) is 11.6 Å². The van der Waals surface area contributed by atoms with E-state index in [0.29, 0.717) is 6.54 Å². The number of halogens is 1. The number of anilines is 1. The number of rotatable bonds is 3. The Kier molecular flexibility index (Phi) is 3.63. The summed E-state index contributed by atoms with van der Waals surface area (Å²) in [6, 6.07) is 5.61. The van der Waals surface area contributed by atoms with Gasteiger partial charge in [-0.25, -0.2) is 4.98 Å². The maximum absolute atomic E-state index is 12.6. The molecule has 0 radical (unpaired) electrons. The van der Waals surface area contributed by atoms with Crippen molar-refractivity contribution in [2.75, 3.05) is 18.9 Å². The number of hydrogen-bond acceptors (Lipinski definition) is 4. The zero-order valence-electron chi connectivity index (χ0n) is 11.0. The van der Waals surface area contributed by atoms with E-state index in [1.807, 2.05) is 19.2 Å². The first-order valence-electron chi connectivity index (χ1n) is 6.36. The van der Waals surface area contributed by atoms with Gasteiger partial charge < -0.3 is 10.2 Å². The number of amides is 1. The van der Waals surface area contributed by atoms with Crippen LogP contribution >= 0.6 is 22.9 Å². The normalized spacial score (nSPS) is 12.9. The number of nitrogens with one attached hydrogen (secondary N) is 1. The minimum Gasteiger partial charge on any atom is -0.369 e. The molecular weight excluding hydrogens is 294 g/mol. The summed E-state index contributed by atoms with van der Waals surface area (Å²) in [7, 11) is 1.81. The Balaban J connectivity index is 1.80. The third-order valence-electron chi connectivity index (χ3n) is 3.32. The van der Waals surface area contributed by atoms with Gasteiger partial charge in [0.1, 0.15) is 5.82 Å². The number of aromatic nitrogens is 1. The molecule has 1 aliphatic rings. The minimum atomic E-state index is 0.0249. The van der Waals surface area contributed by atoms with E-state index >= 15 is 0 Å². The number of nitrogens with zero attached hydrogens (tertiary/aromatic N) is 2. The van der Waals surface area contributed by atoms with Crippen molar-refractivity contribution >= 4 is 34.7 Å². The molecule has 0 atom stereocenters. The van der Waals surface area contributed by atoms with Crippen molar-refractivity contribution in [1.82, 2.24) is 9.88 Å². The molecule has 0 aliphatic carbocycles. The Bertz CT molecular complexity index is 656. The van der Waals surface area contributed by atoms with E-state index in [1.165, 1.54) is 11.3 Å². The Morgan fingerprint density at radius 3 is 3.10 bits per heavy atom. The first kappa shape index (κ1) is 13.4. The van der Waals surface area contributed by atoms with Gasteiger partial charge in [-0.05, 0) is 24.6 Å². The second-order valence-corrected chi connectivity index (χ2v) is 6.53. The number of carbonyl (C=O) groups excluding carboxylic acids is 1. The fraction of sp³-hybridized carbons (Fsp3) is 0.286. The summed E-state index contributed by atoms with van der Waals surface area (Å²) >= 11 is 7.42. The summed E-state index contributed by atoms with van der Waals surface area (Å²) in [5.41, 5.74) is 1.76. The number of fused-ring (bicyclic) bond motifs is 1. The molecule has 0 aromatic carbocycles. The van der Waals surface area contributed by atoms with Crippen molar-refractivity contribution in [2.45, 2.75) is 13.0 Å². The van der Waals surface area contributed by atoms with Crippen molar-refractivity contribution in [1.29, 1.82) is 0 Å². The molecule has 0 unspecified atom stereocenters. The first-order chi connectivity index (χ1) is 9.65. The molecule has 6 heteroatoms. The average Bonchev–Trinajstić information content (AvgIpc) is 3.06. The van der Waals surface area contributed by atoms with Gasteiger partial charge in [0.2, 0.25) is 0 Å². The molecular formula is C14H14ClN3OS. The summed E-state index contributed by atoms with van der Waals surface area (Å²) in [5.74, 6) is 0.861. The van der Waals surface area contributed by atoms with Crippen LogP contribution in [-0.2, 0) is 13.0 Å². The van der Waals surface area contributed by atoms with Gasteiger partial charge in [-0.15, -0.1) is 11.3 Å². The zero-order chi connectivity index (χ0) is 14.1. The van der Waals surface area contributed by atoms with E-state index in [2.05, 4.69) is 10.3 Å². The fourth-order valence-electron chi connectivity index (χ4n) is 2.35. The van der Waals surface area contributed by atoms with Gasteiger partial charge in [0.15, 0.2) is 0 Å². The maximum atomic E-state index is 12.6. The molecule has 0 spiro atoms. The highest BCUT2D eigenvalue weighted by atomic mass is 35.5. The molecule has 2 aromatic rings. The lowest BCUT2D eigenvalue weighted by atomic mass is 10.1. The summed E-state index contributed by atoms with van der Waals surface area (Å²) in [4.78, 5) is 19.6. The molecule has 4 nitrogen and oxygen atoms in total. The summed E-state index contributed by atoms with van der Waals surface area (Å²) in [5, 5.41) is 3.19. The van der Waals surface area contributed by atoms with Crippen LogP contribution in [0.25, 0.3) is 0 Å². The van der Waals surface area contributed by atoms with Gasteiger partial charge >= 0.3 is 0 Å². The van der Waals surface area contributed by atoms with E-state index in [9.17, 15) is 4.79 Å². The molecule has 2 aromatic heterocycles. The van der Waals surface area contributed by atoms with Crippen molar-refractivity contribution < 1.29 is 4.79 Å². The third kappa shape index (κ3) is 2.51. The molecule has 0 saturated carbocycles. The van der Waals surface area contributed by atoms with Crippen LogP contribution in [0.1, 0.15) is 20.8 Å². The van der Waals surface area contributed by atoms with Crippen molar-refractivity contribution in [3.63, 3.8) is 0 Å². The van der Waals surface area contributed by atoms with Gasteiger partial charge in [-0.3, -0.25) is 4.79 Å². The van der Waals surface area contributed by atoms with E-state index in [-0.39, 0.29) is 5.91 Å². The van der Waals surface area contributed by atoms with Crippen LogP contribution in [-0.4, -0.2) is 29.4 Å². The van der Waals surface area contributed by atoms with E-state index in [0.717, 1.165) is 39.1 Å². The van der Waals surface area contributed by atoms with Crippen molar-refractivity contribution in [3.8, 4) is 0 Å². The van der Waals surface area contributed by atoms with Crippen molar-refractivity contribution in [2.24, 2.45) is 0 Å². The highest BCUT2D eigenvalue weighted by molar-refractivity contribution is 7.16. The molecule has 20 heavy (non-hydrogen) atoms. The molecule has 3 heterocycles. The monoisotopic (exact) mass is 307 g/mol. The van der Waals surface area contributed by atoms with Crippen molar-refractivity contribution in [3.05, 3.63) is 44.7 Å². The quantitative estimate of drug-likeness (QED) is 0.948. The number of pyridine rings is 1. The topological polar surface area (TPSA) is 45.2 Å². The largest absolute Gasteiger partial charge is 0.369 e. The molecule has 104 valence electrons. The van der Waals surface area contributed by atoms with E-state index in [1.54, 1.807) is 17.2 Å². The standard InChI is InChI=1S/C14H14ClN3OS/c1-18(8-9-2-3-12(15)20-9)14(19)11-5-7-17-13-10(11)4-6-16-13/h2-3,5,7H,4,6,8H2,1H3,(H,16,17). The number of carbonyl (C=O) groups is 1. The first-order valence-corrected chi connectivity index (χ1v) is 7.56. The van der Waals surface area contributed by atoms with Crippen LogP contribution in [0, 0.1) is 0 Å². The number of thiophene rings is 1. The predicted molar refractivity (Wildman–Crippen MR) is 81.6 cm³/mol. The van der Waals surface area contributed by atoms with Crippen LogP contribution < -0.4 is 5.32 Å². The third-order valence-corrected chi connectivity index (χ3v) is 4.54. The number of hydrogen-bond donors (Lipinski definition) is 1.